The van der Waals surface area contributed by atoms with Gasteiger partial charge in [-0.05, 0) is 6.42 Å². The van der Waals surface area contributed by atoms with E-state index in [0.717, 1.165) is 26.2 Å². The van der Waals surface area contributed by atoms with Gasteiger partial charge in [0.15, 0.2) is 0 Å². The van der Waals surface area contributed by atoms with Gasteiger partial charge in [-0.2, -0.15) is 0 Å². The van der Waals surface area contributed by atoms with Crippen LogP contribution in [0.2, 0.25) is 0 Å². The van der Waals surface area contributed by atoms with Crippen LogP contribution in [0.4, 0.5) is 0 Å². The third-order valence-electron chi connectivity index (χ3n) is 2.00. The molecule has 4 nitrogen and oxygen atoms in total. The normalized spacial score (nSPS) is 18.2. The van der Waals surface area contributed by atoms with Crippen molar-refractivity contribution in [3.8, 4) is 0 Å². The van der Waals surface area contributed by atoms with E-state index >= 15 is 0 Å². The standard InChI is InChI=1S/C9H16N2O2/c1-3-8(2)9(12)13-11-6-4-10-5-7-11/h10H,2-7H2,1H3. The molecule has 0 radical (unpaired) electrons. The minimum atomic E-state index is -0.301. The second-order valence-corrected chi connectivity index (χ2v) is 3.01. The molecule has 0 unspecified atom stereocenters. The van der Waals surface area contributed by atoms with Gasteiger partial charge in [-0.1, -0.05) is 13.5 Å². The molecule has 74 valence electrons. The number of nitrogens with zero attached hydrogens (tertiary/aromatic N) is 1. The number of hydrogen-bond acceptors (Lipinski definition) is 4. The van der Waals surface area contributed by atoms with Crippen LogP contribution >= 0.6 is 0 Å². The highest BCUT2D eigenvalue weighted by Crippen LogP contribution is 2.03. The molecule has 4 heteroatoms. The molecule has 0 spiro atoms. The van der Waals surface area contributed by atoms with Crippen molar-refractivity contribution < 1.29 is 9.63 Å². The zero-order valence-electron chi connectivity index (χ0n) is 8.01. The Morgan fingerprint density at radius 1 is 1.54 bits per heavy atom. The van der Waals surface area contributed by atoms with E-state index in [9.17, 15) is 4.79 Å². The maximum absolute atomic E-state index is 11.3. The summed E-state index contributed by atoms with van der Waals surface area (Å²) in [5.74, 6) is -0.301. The Bertz CT molecular complexity index is 198. The van der Waals surface area contributed by atoms with Crippen LogP contribution in [-0.2, 0) is 9.63 Å². The highest BCUT2D eigenvalue weighted by molar-refractivity contribution is 5.87. The van der Waals surface area contributed by atoms with E-state index < -0.39 is 0 Å². The molecule has 1 aliphatic heterocycles. The third kappa shape index (κ3) is 3.16. The van der Waals surface area contributed by atoms with Gasteiger partial charge >= 0.3 is 5.97 Å². The van der Waals surface area contributed by atoms with Crippen molar-refractivity contribution in [2.24, 2.45) is 0 Å². The molecule has 0 atom stereocenters. The van der Waals surface area contributed by atoms with Crippen molar-refractivity contribution >= 4 is 5.97 Å². The van der Waals surface area contributed by atoms with Crippen LogP contribution < -0.4 is 5.32 Å². The molecular formula is C9H16N2O2. The molecule has 1 aliphatic rings. The first kappa shape index (κ1) is 10.2. The predicted octanol–water partition coefficient (Wildman–Crippen LogP) is 0.316. The second kappa shape index (κ2) is 4.99. The largest absolute Gasteiger partial charge is 0.364 e. The van der Waals surface area contributed by atoms with Gasteiger partial charge in [0.2, 0.25) is 0 Å². The SMILES string of the molecule is C=C(CC)C(=O)ON1CCNCC1. The first-order chi connectivity index (χ1) is 6.24. The van der Waals surface area contributed by atoms with Crippen molar-refractivity contribution in [2.45, 2.75) is 13.3 Å². The molecular weight excluding hydrogens is 168 g/mol. The Hall–Kier alpha value is -0.870. The van der Waals surface area contributed by atoms with E-state index in [1.54, 1.807) is 5.06 Å². The van der Waals surface area contributed by atoms with Crippen LogP contribution in [-0.4, -0.2) is 37.2 Å². The van der Waals surface area contributed by atoms with E-state index in [0.29, 0.717) is 12.0 Å². The molecule has 0 aliphatic carbocycles. The summed E-state index contributed by atoms with van der Waals surface area (Å²) in [4.78, 5) is 16.4. The van der Waals surface area contributed by atoms with Crippen LogP contribution in [0.5, 0.6) is 0 Å². The quantitative estimate of drug-likeness (QED) is 0.641. The molecule has 1 heterocycles. The maximum Gasteiger partial charge on any atom is 0.352 e. The van der Waals surface area contributed by atoms with Crippen LogP contribution in [0, 0.1) is 0 Å². The summed E-state index contributed by atoms with van der Waals surface area (Å²) in [7, 11) is 0. The second-order valence-electron chi connectivity index (χ2n) is 3.01. The summed E-state index contributed by atoms with van der Waals surface area (Å²) in [6, 6.07) is 0. The van der Waals surface area contributed by atoms with Gasteiger partial charge in [0.1, 0.15) is 0 Å². The Labute approximate surface area is 78.5 Å². The number of hydrogen-bond donors (Lipinski definition) is 1. The van der Waals surface area contributed by atoms with Gasteiger partial charge in [-0.25, -0.2) is 4.79 Å². The van der Waals surface area contributed by atoms with E-state index in [1.165, 1.54) is 0 Å². The van der Waals surface area contributed by atoms with E-state index in [1.807, 2.05) is 6.92 Å². The molecule has 13 heavy (non-hydrogen) atoms. The summed E-state index contributed by atoms with van der Waals surface area (Å²) in [5.41, 5.74) is 0.526. The average molecular weight is 184 g/mol. The molecule has 1 fully saturated rings. The minimum Gasteiger partial charge on any atom is -0.364 e. The van der Waals surface area contributed by atoms with Gasteiger partial charge < -0.3 is 10.2 Å². The molecule has 0 aromatic rings. The lowest BCUT2D eigenvalue weighted by molar-refractivity contribution is -0.187. The zero-order chi connectivity index (χ0) is 9.68. The summed E-state index contributed by atoms with van der Waals surface area (Å²) >= 11 is 0. The van der Waals surface area contributed by atoms with Crippen LogP contribution in [0.25, 0.3) is 0 Å². The lowest BCUT2D eigenvalue weighted by Gasteiger charge is -2.25. The number of carbonyl (C=O) groups excluding carboxylic acids is 1. The number of nitrogens with one attached hydrogen (secondary N) is 1. The molecule has 0 aromatic heterocycles. The third-order valence-corrected chi connectivity index (χ3v) is 2.00. The van der Waals surface area contributed by atoms with Crippen molar-refractivity contribution in [2.75, 3.05) is 26.2 Å². The molecule has 1 N–H and O–H groups in total. The maximum atomic E-state index is 11.3. The van der Waals surface area contributed by atoms with Crippen LogP contribution in [0.1, 0.15) is 13.3 Å². The molecule has 0 aromatic carbocycles. The van der Waals surface area contributed by atoms with Crippen molar-refractivity contribution in [1.82, 2.24) is 10.4 Å². The number of hydroxylamine groups is 2. The molecule has 0 saturated carbocycles. The number of rotatable bonds is 3. The molecule has 1 saturated heterocycles. The summed E-state index contributed by atoms with van der Waals surface area (Å²) in [6.45, 7) is 8.75. The lowest BCUT2D eigenvalue weighted by atomic mass is 10.2. The van der Waals surface area contributed by atoms with Crippen molar-refractivity contribution in [3.05, 3.63) is 12.2 Å². The van der Waals surface area contributed by atoms with Gasteiger partial charge in [-0.3, -0.25) is 0 Å². The van der Waals surface area contributed by atoms with Gasteiger partial charge in [-0.15, -0.1) is 5.06 Å². The van der Waals surface area contributed by atoms with Gasteiger partial charge in [0.05, 0.1) is 0 Å². The number of carbonyl (C=O) groups is 1. The smallest absolute Gasteiger partial charge is 0.352 e. The van der Waals surface area contributed by atoms with Crippen molar-refractivity contribution in [1.29, 1.82) is 0 Å². The van der Waals surface area contributed by atoms with Gasteiger partial charge in [0.25, 0.3) is 0 Å². The van der Waals surface area contributed by atoms with Gasteiger partial charge in [0, 0.05) is 31.8 Å². The fraction of sp³-hybridized carbons (Fsp3) is 0.667. The first-order valence-electron chi connectivity index (χ1n) is 4.59. The van der Waals surface area contributed by atoms with Crippen LogP contribution in [0.3, 0.4) is 0 Å². The van der Waals surface area contributed by atoms with E-state index in [2.05, 4.69) is 11.9 Å². The molecule has 0 bridgehead atoms. The lowest BCUT2D eigenvalue weighted by Crippen LogP contribution is -2.44. The highest BCUT2D eigenvalue weighted by Gasteiger charge is 2.15. The van der Waals surface area contributed by atoms with E-state index in [-0.39, 0.29) is 5.97 Å². The summed E-state index contributed by atoms with van der Waals surface area (Å²) < 4.78 is 0. The fourth-order valence-corrected chi connectivity index (χ4v) is 1.06. The topological polar surface area (TPSA) is 41.6 Å². The molecule has 0 amide bonds. The Morgan fingerprint density at radius 3 is 2.69 bits per heavy atom. The van der Waals surface area contributed by atoms with E-state index in [4.69, 9.17) is 4.84 Å². The number of piperazine rings is 1. The predicted molar refractivity (Wildman–Crippen MR) is 50.0 cm³/mol. The monoisotopic (exact) mass is 184 g/mol. The minimum absolute atomic E-state index is 0.301. The first-order valence-corrected chi connectivity index (χ1v) is 4.59. The fourth-order valence-electron chi connectivity index (χ4n) is 1.06. The zero-order valence-corrected chi connectivity index (χ0v) is 8.01. The Morgan fingerprint density at radius 2 is 2.15 bits per heavy atom. The summed E-state index contributed by atoms with van der Waals surface area (Å²) in [6.07, 6.45) is 0.644. The average Bonchev–Trinajstić information content (AvgIpc) is 2.18. The Kier molecular flexibility index (Phi) is 3.92. The summed E-state index contributed by atoms with van der Waals surface area (Å²) in [5, 5.41) is 4.86. The molecule has 1 rings (SSSR count). The van der Waals surface area contributed by atoms with Crippen molar-refractivity contribution in [3.63, 3.8) is 0 Å². The van der Waals surface area contributed by atoms with Crippen LogP contribution in [0.15, 0.2) is 12.2 Å². The Balaban J connectivity index is 2.30. The highest BCUT2D eigenvalue weighted by atomic mass is 16.7.